The molecule has 3 heteroatoms. The molecule has 0 unspecified atom stereocenters. The lowest BCUT2D eigenvalue weighted by Crippen LogP contribution is -2.21. The Morgan fingerprint density at radius 1 is 0.395 bits per heavy atom. The predicted molar refractivity (Wildman–Crippen MR) is 169 cm³/mol. The van der Waals surface area contributed by atoms with E-state index in [2.05, 4.69) is 147 Å². The second-order valence-electron chi connectivity index (χ2n) is 9.81. The first-order valence-corrected chi connectivity index (χ1v) is 14.2. The molecule has 0 fully saturated rings. The van der Waals surface area contributed by atoms with Crippen LogP contribution in [0.4, 0.5) is 17.1 Å². The maximum Gasteiger partial charge on any atom is 0.0372 e. The maximum atomic E-state index is 2.41. The zero-order valence-electron chi connectivity index (χ0n) is 24.0. The van der Waals surface area contributed by atoms with Gasteiger partial charge < -0.3 is 14.7 Å². The molecule has 38 heavy (non-hydrogen) atoms. The molecule has 4 aromatic carbocycles. The lowest BCUT2D eigenvalue weighted by atomic mass is 9.92. The Labute approximate surface area is 230 Å². The van der Waals surface area contributed by atoms with Gasteiger partial charge in [0.25, 0.3) is 0 Å². The van der Waals surface area contributed by atoms with E-state index in [1.807, 2.05) is 0 Å². The van der Waals surface area contributed by atoms with Crippen molar-refractivity contribution in [2.75, 3.05) is 54.5 Å². The van der Waals surface area contributed by atoms with Crippen LogP contribution >= 0.6 is 0 Å². The summed E-state index contributed by atoms with van der Waals surface area (Å²) in [5.41, 5.74) is 11.3. The molecular weight excluding hydrogens is 462 g/mol. The fraction of sp³-hybridized carbons (Fsp3) is 0.314. The summed E-state index contributed by atoms with van der Waals surface area (Å²) in [6, 6.07) is 33.9. The highest BCUT2D eigenvalue weighted by Gasteiger charge is 2.12. The van der Waals surface area contributed by atoms with Gasteiger partial charge >= 0.3 is 0 Å². The Morgan fingerprint density at radius 3 is 1.08 bits per heavy atom. The van der Waals surface area contributed by atoms with Gasteiger partial charge in [-0.05, 0) is 123 Å². The van der Waals surface area contributed by atoms with Crippen molar-refractivity contribution in [2.24, 2.45) is 0 Å². The molecule has 0 aliphatic carbocycles. The lowest BCUT2D eigenvalue weighted by Gasteiger charge is -2.22. The Kier molecular flexibility index (Phi) is 9.12. The average molecular weight is 506 g/mol. The van der Waals surface area contributed by atoms with Crippen LogP contribution in [-0.4, -0.2) is 39.8 Å². The molecule has 4 rings (SSSR count). The number of hydrogen-bond donors (Lipinski definition) is 0. The molecule has 0 aromatic heterocycles. The van der Waals surface area contributed by atoms with Gasteiger partial charge in [-0.25, -0.2) is 0 Å². The third kappa shape index (κ3) is 6.05. The third-order valence-electron chi connectivity index (χ3n) is 7.64. The summed E-state index contributed by atoms with van der Waals surface area (Å²) >= 11 is 0. The molecule has 0 aliphatic rings. The molecule has 0 bridgehead atoms. The normalized spacial score (nSPS) is 10.9. The zero-order valence-corrected chi connectivity index (χ0v) is 24.0. The van der Waals surface area contributed by atoms with Crippen LogP contribution in [0.3, 0.4) is 0 Å². The number of anilines is 3. The Balaban J connectivity index is 1.89. The van der Waals surface area contributed by atoms with Gasteiger partial charge in [0.1, 0.15) is 0 Å². The van der Waals surface area contributed by atoms with E-state index in [1.54, 1.807) is 0 Å². The van der Waals surface area contributed by atoms with Crippen molar-refractivity contribution in [1.82, 2.24) is 0 Å². The van der Waals surface area contributed by atoms with E-state index in [4.69, 9.17) is 0 Å². The van der Waals surface area contributed by atoms with E-state index in [9.17, 15) is 0 Å². The monoisotopic (exact) mass is 505 g/mol. The van der Waals surface area contributed by atoms with Crippen LogP contribution in [0.5, 0.6) is 0 Å². The molecule has 4 aromatic rings. The summed E-state index contributed by atoms with van der Waals surface area (Å²) in [6.45, 7) is 16.1. The molecular formula is C35H43N3. The van der Waals surface area contributed by atoms with Crippen LogP contribution in [0.2, 0.25) is 0 Å². The Bertz CT molecular complexity index is 1260. The van der Waals surface area contributed by atoms with E-state index in [0.717, 1.165) is 32.7 Å². The fourth-order valence-corrected chi connectivity index (χ4v) is 5.17. The molecule has 0 aliphatic heterocycles. The van der Waals surface area contributed by atoms with Gasteiger partial charge in [-0.15, -0.1) is 0 Å². The third-order valence-corrected chi connectivity index (χ3v) is 7.64. The first-order valence-electron chi connectivity index (χ1n) is 14.2. The summed E-state index contributed by atoms with van der Waals surface area (Å²) in [5, 5.41) is 0. The van der Waals surface area contributed by atoms with Crippen LogP contribution in [0.25, 0.3) is 33.4 Å². The SMILES string of the molecule is CCN(C)c1cccc(-c2cc(-c3cccc(N(CC)CC)c3)cc(-c3cccc(N(CC)CC)c3)c2)c1. The van der Waals surface area contributed by atoms with Gasteiger partial charge in [0.15, 0.2) is 0 Å². The second-order valence-corrected chi connectivity index (χ2v) is 9.81. The van der Waals surface area contributed by atoms with Crippen molar-refractivity contribution in [3.8, 4) is 33.4 Å². The Morgan fingerprint density at radius 2 is 0.737 bits per heavy atom. The van der Waals surface area contributed by atoms with E-state index in [0.29, 0.717) is 0 Å². The van der Waals surface area contributed by atoms with Gasteiger partial charge in [-0.1, -0.05) is 36.4 Å². The number of rotatable bonds is 11. The lowest BCUT2D eigenvalue weighted by molar-refractivity contribution is 0.866. The predicted octanol–water partition coefficient (Wildman–Crippen LogP) is 8.84. The van der Waals surface area contributed by atoms with Crippen molar-refractivity contribution in [1.29, 1.82) is 0 Å². The van der Waals surface area contributed by atoms with Crippen LogP contribution in [0, 0.1) is 0 Å². The zero-order chi connectivity index (χ0) is 27.1. The summed E-state index contributed by atoms with van der Waals surface area (Å²) in [7, 11) is 2.15. The van der Waals surface area contributed by atoms with E-state index >= 15 is 0 Å². The van der Waals surface area contributed by atoms with E-state index < -0.39 is 0 Å². The molecule has 0 heterocycles. The van der Waals surface area contributed by atoms with Crippen LogP contribution in [-0.2, 0) is 0 Å². The highest BCUT2D eigenvalue weighted by Crippen LogP contribution is 2.36. The Hall–Kier alpha value is -3.72. The van der Waals surface area contributed by atoms with Gasteiger partial charge in [-0.3, -0.25) is 0 Å². The van der Waals surface area contributed by atoms with Gasteiger partial charge in [0, 0.05) is 56.8 Å². The quantitative estimate of drug-likeness (QED) is 0.202. The molecule has 0 spiro atoms. The van der Waals surface area contributed by atoms with Gasteiger partial charge in [-0.2, -0.15) is 0 Å². The largest absolute Gasteiger partial charge is 0.375 e. The molecule has 0 saturated heterocycles. The molecule has 0 radical (unpaired) electrons. The first kappa shape index (κ1) is 27.3. The standard InChI is InChI=1S/C35H43N3/c1-7-36(6)33-18-12-15-27(24-33)30-21-31(28-16-13-19-34(25-28)37(8-2)9-3)23-32(22-30)29-17-14-20-35(26-29)38(10-4)11-5/h12-26H,7-11H2,1-6H3. The van der Waals surface area contributed by atoms with Crippen molar-refractivity contribution in [3.05, 3.63) is 91.0 Å². The van der Waals surface area contributed by atoms with Crippen molar-refractivity contribution < 1.29 is 0 Å². The minimum atomic E-state index is 0.977. The summed E-state index contributed by atoms with van der Waals surface area (Å²) in [4.78, 5) is 7.10. The topological polar surface area (TPSA) is 9.72 Å². The van der Waals surface area contributed by atoms with E-state index in [1.165, 1.54) is 50.4 Å². The molecule has 0 N–H and O–H groups in total. The highest BCUT2D eigenvalue weighted by atomic mass is 15.1. The number of benzene rings is 4. The van der Waals surface area contributed by atoms with Crippen molar-refractivity contribution in [3.63, 3.8) is 0 Å². The summed E-state index contributed by atoms with van der Waals surface area (Å²) in [5.74, 6) is 0. The van der Waals surface area contributed by atoms with Crippen LogP contribution in [0.15, 0.2) is 91.0 Å². The maximum absolute atomic E-state index is 2.41. The molecule has 0 saturated carbocycles. The molecule has 0 atom stereocenters. The molecule has 198 valence electrons. The fourth-order valence-electron chi connectivity index (χ4n) is 5.17. The minimum absolute atomic E-state index is 0.977. The van der Waals surface area contributed by atoms with Crippen molar-refractivity contribution >= 4 is 17.1 Å². The van der Waals surface area contributed by atoms with Crippen LogP contribution < -0.4 is 14.7 Å². The summed E-state index contributed by atoms with van der Waals surface area (Å²) in [6.07, 6.45) is 0. The first-order chi connectivity index (χ1) is 18.5. The van der Waals surface area contributed by atoms with E-state index in [-0.39, 0.29) is 0 Å². The minimum Gasteiger partial charge on any atom is -0.375 e. The highest BCUT2D eigenvalue weighted by molar-refractivity contribution is 5.83. The molecule has 0 amide bonds. The van der Waals surface area contributed by atoms with Crippen LogP contribution in [0.1, 0.15) is 34.6 Å². The van der Waals surface area contributed by atoms with Crippen molar-refractivity contribution in [2.45, 2.75) is 34.6 Å². The smallest absolute Gasteiger partial charge is 0.0372 e. The number of hydrogen-bond acceptors (Lipinski definition) is 3. The average Bonchev–Trinajstić information content (AvgIpc) is 2.98. The number of nitrogens with zero attached hydrogens (tertiary/aromatic N) is 3. The van der Waals surface area contributed by atoms with Gasteiger partial charge in [0.05, 0.1) is 0 Å². The van der Waals surface area contributed by atoms with Gasteiger partial charge in [0.2, 0.25) is 0 Å². The molecule has 3 nitrogen and oxygen atoms in total. The summed E-state index contributed by atoms with van der Waals surface area (Å²) < 4.78 is 0. The second kappa shape index (κ2) is 12.7.